The molecular weight excluding hydrogens is 328 g/mol. The van der Waals surface area contributed by atoms with Gasteiger partial charge in [-0.25, -0.2) is 13.1 Å². The van der Waals surface area contributed by atoms with Gasteiger partial charge in [0.25, 0.3) is 0 Å². The van der Waals surface area contributed by atoms with Gasteiger partial charge in [0.05, 0.1) is 17.0 Å². The maximum absolute atomic E-state index is 12.0. The molecule has 0 bridgehead atoms. The van der Waals surface area contributed by atoms with Gasteiger partial charge in [-0.15, -0.1) is 0 Å². The summed E-state index contributed by atoms with van der Waals surface area (Å²) in [5.74, 6) is 0. The first-order chi connectivity index (χ1) is 11.3. The average molecular weight is 356 g/mol. The monoisotopic (exact) mass is 356 g/mol. The average Bonchev–Trinajstić information content (AvgIpc) is 3.35. The van der Waals surface area contributed by atoms with Crippen molar-refractivity contribution in [2.75, 3.05) is 19.6 Å². The van der Waals surface area contributed by atoms with Gasteiger partial charge >= 0.3 is 0 Å². The van der Waals surface area contributed by atoms with Crippen LogP contribution in [0.15, 0.2) is 6.20 Å². The highest BCUT2D eigenvalue weighted by Crippen LogP contribution is 2.29. The van der Waals surface area contributed by atoms with Gasteiger partial charge in [-0.1, -0.05) is 0 Å². The van der Waals surface area contributed by atoms with Crippen LogP contribution in [0.4, 0.5) is 0 Å². The molecule has 24 heavy (non-hydrogen) atoms. The van der Waals surface area contributed by atoms with Crippen LogP contribution >= 0.6 is 0 Å². The van der Waals surface area contributed by atoms with Gasteiger partial charge in [0.15, 0.2) is 0 Å². The number of rotatable bonds is 6. The standard InChI is InChI=1S/C16H28N4O3S/c1-13-14(10-17-19(13)2)11-20-8-3-6-16(21,7-9-20)12-18-24(22,23)15-4-5-15/h10,15,18,21H,3-9,11-12H2,1-2H3/t16-/m0/s1. The fraction of sp³-hybridized carbons (Fsp3) is 0.812. The molecule has 1 saturated carbocycles. The van der Waals surface area contributed by atoms with Crippen molar-refractivity contribution in [2.45, 2.75) is 56.4 Å². The Morgan fingerprint density at radius 1 is 1.38 bits per heavy atom. The maximum Gasteiger partial charge on any atom is 0.214 e. The van der Waals surface area contributed by atoms with E-state index < -0.39 is 15.6 Å². The summed E-state index contributed by atoms with van der Waals surface area (Å²) < 4.78 is 28.4. The highest BCUT2D eigenvalue weighted by molar-refractivity contribution is 7.90. The molecular formula is C16H28N4O3S. The molecule has 2 N–H and O–H groups in total. The van der Waals surface area contributed by atoms with E-state index >= 15 is 0 Å². The van der Waals surface area contributed by atoms with Crippen molar-refractivity contribution >= 4 is 10.0 Å². The fourth-order valence-electron chi connectivity index (χ4n) is 3.24. The van der Waals surface area contributed by atoms with Gasteiger partial charge < -0.3 is 5.11 Å². The Bertz CT molecular complexity index is 683. The summed E-state index contributed by atoms with van der Waals surface area (Å²) >= 11 is 0. The Morgan fingerprint density at radius 2 is 2.12 bits per heavy atom. The number of nitrogens with zero attached hydrogens (tertiary/aromatic N) is 3. The molecule has 2 aliphatic rings. The summed E-state index contributed by atoms with van der Waals surface area (Å²) in [6, 6.07) is 0. The second kappa shape index (κ2) is 6.74. The molecule has 0 spiro atoms. The van der Waals surface area contributed by atoms with Gasteiger partial charge in [0.2, 0.25) is 10.0 Å². The first-order valence-corrected chi connectivity index (χ1v) is 10.2. The minimum absolute atomic E-state index is 0.131. The van der Waals surface area contributed by atoms with Crippen molar-refractivity contribution in [3.63, 3.8) is 0 Å². The fourth-order valence-corrected chi connectivity index (χ4v) is 4.70. The van der Waals surface area contributed by atoms with Crippen LogP contribution in [0.25, 0.3) is 0 Å². The van der Waals surface area contributed by atoms with E-state index in [4.69, 9.17) is 0 Å². The van der Waals surface area contributed by atoms with Crippen molar-refractivity contribution in [1.82, 2.24) is 19.4 Å². The number of hydrogen-bond acceptors (Lipinski definition) is 5. The molecule has 0 unspecified atom stereocenters. The van der Waals surface area contributed by atoms with Crippen LogP contribution < -0.4 is 4.72 Å². The number of hydrogen-bond donors (Lipinski definition) is 2. The van der Waals surface area contributed by atoms with Gasteiger partial charge in [-0.3, -0.25) is 9.58 Å². The smallest absolute Gasteiger partial charge is 0.214 e. The van der Waals surface area contributed by atoms with Gasteiger partial charge in [-0.05, 0) is 45.6 Å². The Morgan fingerprint density at radius 3 is 2.75 bits per heavy atom. The predicted octanol–water partition coefficient (Wildman–Crippen LogP) is 0.527. The molecule has 1 aliphatic carbocycles. The second-order valence-electron chi connectivity index (χ2n) is 7.30. The van der Waals surface area contributed by atoms with E-state index in [0.29, 0.717) is 12.8 Å². The summed E-state index contributed by atoms with van der Waals surface area (Å²) in [5, 5.41) is 14.8. The van der Waals surface area contributed by atoms with Crippen molar-refractivity contribution in [2.24, 2.45) is 7.05 Å². The molecule has 1 saturated heterocycles. The molecule has 3 rings (SSSR count). The van der Waals surface area contributed by atoms with Gasteiger partial charge in [0, 0.05) is 37.9 Å². The van der Waals surface area contributed by atoms with E-state index in [9.17, 15) is 13.5 Å². The van der Waals surface area contributed by atoms with Crippen LogP contribution in [0.2, 0.25) is 0 Å². The first-order valence-electron chi connectivity index (χ1n) is 8.70. The Labute approximate surface area is 144 Å². The lowest BCUT2D eigenvalue weighted by molar-refractivity contribution is 0.0304. The molecule has 1 atom stereocenters. The molecule has 1 aromatic heterocycles. The third-order valence-corrected chi connectivity index (χ3v) is 7.20. The van der Waals surface area contributed by atoms with Crippen LogP contribution in [-0.2, 0) is 23.6 Å². The molecule has 2 fully saturated rings. The number of nitrogens with one attached hydrogen (secondary N) is 1. The molecule has 0 radical (unpaired) electrons. The van der Waals surface area contributed by atoms with Crippen LogP contribution in [-0.4, -0.2) is 58.7 Å². The summed E-state index contributed by atoms with van der Waals surface area (Å²) in [4.78, 5) is 2.32. The number of likely N-dealkylation sites (tertiary alicyclic amines) is 1. The Balaban J connectivity index is 1.54. The van der Waals surface area contributed by atoms with E-state index in [2.05, 4.69) is 21.6 Å². The van der Waals surface area contributed by atoms with Crippen molar-refractivity contribution < 1.29 is 13.5 Å². The van der Waals surface area contributed by atoms with Crippen LogP contribution in [0.5, 0.6) is 0 Å². The third-order valence-electron chi connectivity index (χ3n) is 5.31. The Kier molecular flexibility index (Phi) is 5.01. The van der Waals surface area contributed by atoms with E-state index in [1.165, 1.54) is 5.56 Å². The lowest BCUT2D eigenvalue weighted by atomic mass is 9.95. The molecule has 7 nitrogen and oxygen atoms in total. The normalized spacial score (nSPS) is 26.5. The number of aromatic nitrogens is 2. The SMILES string of the molecule is Cc1c(CN2CCC[C@@](O)(CNS(=O)(=O)C3CC3)CC2)cnn1C. The van der Waals surface area contributed by atoms with E-state index in [1.807, 2.05) is 17.9 Å². The molecule has 0 aromatic carbocycles. The van der Waals surface area contributed by atoms with E-state index in [-0.39, 0.29) is 11.8 Å². The quantitative estimate of drug-likeness (QED) is 0.776. The molecule has 2 heterocycles. The lowest BCUT2D eigenvalue weighted by Gasteiger charge is -2.27. The third kappa shape index (κ3) is 4.17. The van der Waals surface area contributed by atoms with Crippen LogP contribution in [0.1, 0.15) is 43.4 Å². The largest absolute Gasteiger partial charge is 0.388 e. The maximum atomic E-state index is 12.0. The highest BCUT2D eigenvalue weighted by Gasteiger charge is 2.38. The summed E-state index contributed by atoms with van der Waals surface area (Å²) in [5.41, 5.74) is 1.42. The zero-order chi connectivity index (χ0) is 17.4. The van der Waals surface area contributed by atoms with E-state index in [0.717, 1.165) is 44.6 Å². The summed E-state index contributed by atoms with van der Waals surface area (Å²) in [7, 11) is -1.30. The zero-order valence-corrected chi connectivity index (χ0v) is 15.3. The van der Waals surface area contributed by atoms with Crippen molar-refractivity contribution in [3.05, 3.63) is 17.5 Å². The van der Waals surface area contributed by atoms with Crippen LogP contribution in [0.3, 0.4) is 0 Å². The topological polar surface area (TPSA) is 87.5 Å². The highest BCUT2D eigenvalue weighted by atomic mass is 32.2. The molecule has 8 heteroatoms. The Hall–Kier alpha value is -0.960. The van der Waals surface area contributed by atoms with E-state index in [1.54, 1.807) is 0 Å². The number of aryl methyl sites for hydroxylation is 1. The minimum atomic E-state index is -3.24. The molecule has 1 aliphatic heterocycles. The molecule has 1 aromatic rings. The zero-order valence-electron chi connectivity index (χ0n) is 14.5. The second-order valence-corrected chi connectivity index (χ2v) is 9.34. The predicted molar refractivity (Wildman–Crippen MR) is 92.0 cm³/mol. The number of sulfonamides is 1. The molecule has 136 valence electrons. The summed E-state index contributed by atoms with van der Waals surface area (Å²) in [6.45, 7) is 4.68. The van der Waals surface area contributed by atoms with Gasteiger partial charge in [-0.2, -0.15) is 5.10 Å². The lowest BCUT2D eigenvalue weighted by Crippen LogP contribution is -2.44. The molecule has 0 amide bonds. The minimum Gasteiger partial charge on any atom is -0.388 e. The van der Waals surface area contributed by atoms with Crippen LogP contribution in [0, 0.1) is 6.92 Å². The first kappa shape index (κ1) is 17.8. The van der Waals surface area contributed by atoms with Crippen molar-refractivity contribution in [1.29, 1.82) is 0 Å². The van der Waals surface area contributed by atoms with Gasteiger partial charge in [0.1, 0.15) is 0 Å². The summed E-state index contributed by atoms with van der Waals surface area (Å²) in [6.07, 6.45) is 5.46. The van der Waals surface area contributed by atoms with Crippen molar-refractivity contribution in [3.8, 4) is 0 Å². The number of aliphatic hydroxyl groups is 1.